The number of anilines is 1. The van der Waals surface area contributed by atoms with Crippen molar-refractivity contribution in [1.82, 2.24) is 15.6 Å². The van der Waals surface area contributed by atoms with Gasteiger partial charge in [0.05, 0.1) is 0 Å². The van der Waals surface area contributed by atoms with E-state index in [1.165, 1.54) is 18.4 Å². The van der Waals surface area contributed by atoms with Crippen LogP contribution in [0.5, 0.6) is 0 Å². The third-order valence-electron chi connectivity index (χ3n) is 3.41. The predicted molar refractivity (Wildman–Crippen MR) is 95.1 cm³/mol. The molecule has 0 amide bonds. The number of halogens is 1. The predicted octanol–water partition coefficient (Wildman–Crippen LogP) is 1.90. The fraction of sp³-hybridized carbons (Fsp3) is 0.571. The lowest BCUT2D eigenvalue weighted by molar-refractivity contribution is 0.836. The van der Waals surface area contributed by atoms with Crippen molar-refractivity contribution < 1.29 is 0 Å². The van der Waals surface area contributed by atoms with Gasteiger partial charge in [0.2, 0.25) is 0 Å². The Morgan fingerprint density at radius 1 is 1.35 bits per heavy atom. The van der Waals surface area contributed by atoms with Crippen LogP contribution in [0.4, 0.5) is 5.82 Å². The largest absolute Gasteiger partial charge is 0.359 e. The third kappa shape index (κ3) is 4.22. The Bertz CT molecular complexity index is 455. The molecule has 1 aromatic rings. The second-order valence-electron chi connectivity index (χ2n) is 4.81. The van der Waals surface area contributed by atoms with Gasteiger partial charge in [0, 0.05) is 45.0 Å². The molecule has 0 radical (unpaired) electrons. The molecule has 0 atom stereocenters. The van der Waals surface area contributed by atoms with Crippen molar-refractivity contribution in [2.75, 3.05) is 32.1 Å². The fourth-order valence-electron chi connectivity index (χ4n) is 2.37. The summed E-state index contributed by atoms with van der Waals surface area (Å²) >= 11 is 0. The van der Waals surface area contributed by atoms with E-state index in [0.29, 0.717) is 0 Å². The van der Waals surface area contributed by atoms with Crippen molar-refractivity contribution in [3.8, 4) is 0 Å². The van der Waals surface area contributed by atoms with Gasteiger partial charge in [-0.2, -0.15) is 0 Å². The first kappa shape index (κ1) is 17.0. The van der Waals surface area contributed by atoms with Gasteiger partial charge >= 0.3 is 0 Å². The number of guanidine groups is 1. The molecule has 20 heavy (non-hydrogen) atoms. The zero-order valence-corrected chi connectivity index (χ0v) is 14.8. The molecule has 0 spiro atoms. The monoisotopic (exact) mass is 389 g/mol. The minimum Gasteiger partial charge on any atom is -0.359 e. The first-order chi connectivity index (χ1) is 9.24. The van der Waals surface area contributed by atoms with Crippen LogP contribution in [0.2, 0.25) is 0 Å². The van der Waals surface area contributed by atoms with Crippen LogP contribution in [0.15, 0.2) is 17.1 Å². The molecule has 2 rings (SSSR count). The molecule has 5 nitrogen and oxygen atoms in total. The lowest BCUT2D eigenvalue weighted by atomic mass is 10.2. The Labute approximate surface area is 138 Å². The van der Waals surface area contributed by atoms with Gasteiger partial charge in [0.1, 0.15) is 5.82 Å². The molecule has 0 aliphatic carbocycles. The number of pyridine rings is 1. The second-order valence-corrected chi connectivity index (χ2v) is 4.81. The number of nitrogens with zero attached hydrogens (tertiary/aromatic N) is 3. The normalized spacial score (nSPS) is 14.9. The molecular formula is C14H24IN5. The van der Waals surface area contributed by atoms with Crippen LogP contribution in [0.3, 0.4) is 0 Å². The van der Waals surface area contributed by atoms with E-state index in [-0.39, 0.29) is 24.0 Å². The Kier molecular flexibility index (Phi) is 7.04. The number of rotatable bonds is 3. The first-order valence-corrected chi connectivity index (χ1v) is 6.84. The number of aromatic nitrogens is 1. The van der Waals surface area contributed by atoms with Gasteiger partial charge < -0.3 is 15.5 Å². The summed E-state index contributed by atoms with van der Waals surface area (Å²) in [6, 6.07) is 4.23. The highest BCUT2D eigenvalue weighted by Crippen LogP contribution is 2.22. The summed E-state index contributed by atoms with van der Waals surface area (Å²) in [6.45, 7) is 5.02. The molecule has 1 aromatic heterocycles. The molecule has 112 valence electrons. The van der Waals surface area contributed by atoms with Crippen LogP contribution in [0, 0.1) is 6.92 Å². The van der Waals surface area contributed by atoms with Gasteiger partial charge in [-0.05, 0) is 25.8 Å². The molecule has 2 heterocycles. The van der Waals surface area contributed by atoms with E-state index < -0.39 is 0 Å². The van der Waals surface area contributed by atoms with Gasteiger partial charge in [-0.3, -0.25) is 4.99 Å². The number of hydrogen-bond donors (Lipinski definition) is 2. The maximum Gasteiger partial charge on any atom is 0.190 e. The van der Waals surface area contributed by atoms with Gasteiger partial charge in [-0.25, -0.2) is 4.98 Å². The summed E-state index contributed by atoms with van der Waals surface area (Å²) in [4.78, 5) is 11.2. The van der Waals surface area contributed by atoms with Crippen molar-refractivity contribution in [2.24, 2.45) is 4.99 Å². The molecule has 0 bridgehead atoms. The van der Waals surface area contributed by atoms with E-state index in [1.54, 1.807) is 7.05 Å². The van der Waals surface area contributed by atoms with Crippen LogP contribution >= 0.6 is 24.0 Å². The average Bonchev–Trinajstić information content (AvgIpc) is 2.95. The molecule has 1 fully saturated rings. The highest BCUT2D eigenvalue weighted by atomic mass is 127. The number of aliphatic imine (C=N–C) groups is 1. The van der Waals surface area contributed by atoms with Crippen molar-refractivity contribution in [1.29, 1.82) is 0 Å². The summed E-state index contributed by atoms with van der Waals surface area (Å²) in [5.41, 5.74) is 2.30. The van der Waals surface area contributed by atoms with E-state index in [9.17, 15) is 0 Å². The highest BCUT2D eigenvalue weighted by Gasteiger charge is 2.17. The van der Waals surface area contributed by atoms with E-state index in [4.69, 9.17) is 4.98 Å². The molecule has 1 aliphatic heterocycles. The van der Waals surface area contributed by atoms with Crippen molar-refractivity contribution in [3.05, 3.63) is 23.4 Å². The van der Waals surface area contributed by atoms with Crippen LogP contribution in [-0.4, -0.2) is 38.1 Å². The minimum absolute atomic E-state index is 0. The molecule has 6 heteroatoms. The molecule has 2 N–H and O–H groups in total. The number of aryl methyl sites for hydroxylation is 1. The van der Waals surface area contributed by atoms with Crippen molar-refractivity contribution in [2.45, 2.75) is 26.3 Å². The summed E-state index contributed by atoms with van der Waals surface area (Å²) in [7, 11) is 3.64. The van der Waals surface area contributed by atoms with E-state index in [0.717, 1.165) is 37.1 Å². The quantitative estimate of drug-likeness (QED) is 0.471. The van der Waals surface area contributed by atoms with Gasteiger partial charge in [0.25, 0.3) is 0 Å². The average molecular weight is 389 g/mol. The van der Waals surface area contributed by atoms with Gasteiger partial charge in [0.15, 0.2) is 5.96 Å². The first-order valence-electron chi connectivity index (χ1n) is 6.84. The van der Waals surface area contributed by atoms with Crippen LogP contribution in [0.25, 0.3) is 0 Å². The second kappa shape index (κ2) is 8.28. The molecular weight excluding hydrogens is 365 g/mol. The summed E-state index contributed by atoms with van der Waals surface area (Å²) in [5.74, 6) is 1.92. The van der Waals surface area contributed by atoms with Crippen molar-refractivity contribution in [3.63, 3.8) is 0 Å². The fourth-order valence-corrected chi connectivity index (χ4v) is 2.37. The molecule has 0 saturated carbocycles. The topological polar surface area (TPSA) is 52.6 Å². The summed E-state index contributed by atoms with van der Waals surface area (Å²) < 4.78 is 0. The Hall–Kier alpha value is -1.05. The smallest absolute Gasteiger partial charge is 0.190 e. The zero-order valence-electron chi connectivity index (χ0n) is 12.4. The molecule has 0 unspecified atom stereocenters. The lowest BCUT2D eigenvalue weighted by Crippen LogP contribution is -2.34. The standard InChI is InChI=1S/C14H23N5.HI/c1-11-6-7-12(10-17-14(15-2)16-3)13(18-11)19-8-4-5-9-19;/h6-7H,4-5,8-10H2,1-3H3,(H2,15,16,17);1H. The van der Waals surface area contributed by atoms with Crippen molar-refractivity contribution >= 4 is 35.8 Å². The third-order valence-corrected chi connectivity index (χ3v) is 3.41. The van der Waals surface area contributed by atoms with Gasteiger partial charge in [-0.1, -0.05) is 6.07 Å². The summed E-state index contributed by atoms with van der Waals surface area (Å²) in [6.07, 6.45) is 2.53. The maximum absolute atomic E-state index is 4.71. The Morgan fingerprint density at radius 3 is 2.65 bits per heavy atom. The maximum atomic E-state index is 4.71. The molecule has 1 aliphatic rings. The van der Waals surface area contributed by atoms with E-state index in [2.05, 4.69) is 32.7 Å². The number of hydrogen-bond acceptors (Lipinski definition) is 3. The highest BCUT2D eigenvalue weighted by molar-refractivity contribution is 14.0. The zero-order chi connectivity index (χ0) is 13.7. The van der Waals surface area contributed by atoms with Gasteiger partial charge in [-0.15, -0.1) is 24.0 Å². The van der Waals surface area contributed by atoms with E-state index >= 15 is 0 Å². The van der Waals surface area contributed by atoms with Crippen LogP contribution < -0.4 is 15.5 Å². The Morgan fingerprint density at radius 2 is 2.05 bits per heavy atom. The SMILES string of the molecule is CN=C(NC)NCc1ccc(C)nc1N1CCCC1.I. The minimum atomic E-state index is 0. The van der Waals surface area contributed by atoms with Crippen LogP contribution in [0.1, 0.15) is 24.1 Å². The molecule has 1 saturated heterocycles. The van der Waals surface area contributed by atoms with Crippen LogP contribution in [-0.2, 0) is 6.54 Å². The van der Waals surface area contributed by atoms with E-state index in [1.807, 2.05) is 14.0 Å². The molecule has 0 aromatic carbocycles. The lowest BCUT2D eigenvalue weighted by Gasteiger charge is -2.21. The Balaban J connectivity index is 0.00000200. The summed E-state index contributed by atoms with van der Waals surface area (Å²) in [5, 5.41) is 6.32. The number of nitrogens with one attached hydrogen (secondary N) is 2.